The normalized spacial score (nSPS) is 18.2. The van der Waals surface area contributed by atoms with Gasteiger partial charge in [0.2, 0.25) is 5.91 Å². The SMILES string of the molecule is CC[C@@H](C)n1[nH]c(=O)c2c1NC(=O)CS[C@H]2c1ccc(OC(C)C)cc1. The Bertz CT molecular complexity index is 839. The Balaban J connectivity index is 2.03. The van der Waals surface area contributed by atoms with Gasteiger partial charge in [-0.3, -0.25) is 19.4 Å². The number of anilines is 1. The summed E-state index contributed by atoms with van der Waals surface area (Å²) in [6.07, 6.45) is 0.959. The number of aromatic nitrogens is 2. The van der Waals surface area contributed by atoms with E-state index in [2.05, 4.69) is 10.4 Å². The van der Waals surface area contributed by atoms with Gasteiger partial charge in [-0.2, -0.15) is 0 Å². The number of carbonyl (C=O) groups excluding carboxylic acids is 1. The first kappa shape index (κ1) is 18.6. The van der Waals surface area contributed by atoms with Crippen molar-refractivity contribution < 1.29 is 9.53 Å². The number of aromatic amines is 1. The molecule has 1 aromatic carbocycles. The van der Waals surface area contributed by atoms with Crippen molar-refractivity contribution in [3.8, 4) is 5.75 Å². The fraction of sp³-hybridized carbons (Fsp3) is 0.474. The van der Waals surface area contributed by atoms with Crippen molar-refractivity contribution in [3.63, 3.8) is 0 Å². The standard InChI is InChI=1S/C19H25N3O3S/c1-5-12(4)22-18-16(19(24)21-22)17(26-10-15(23)20-18)13-6-8-14(9-7-13)25-11(2)3/h6-9,11-12,17H,5,10H2,1-4H3,(H,20,23)(H,21,24)/t12-,17+/m1/s1. The van der Waals surface area contributed by atoms with Crippen LogP contribution >= 0.6 is 11.8 Å². The Hall–Kier alpha value is -2.15. The molecule has 140 valence electrons. The summed E-state index contributed by atoms with van der Waals surface area (Å²) in [7, 11) is 0. The molecule has 0 saturated carbocycles. The third kappa shape index (κ3) is 3.67. The first-order valence-corrected chi connectivity index (χ1v) is 9.98. The second-order valence-corrected chi connectivity index (χ2v) is 7.90. The van der Waals surface area contributed by atoms with Crippen LogP contribution in [0.2, 0.25) is 0 Å². The molecule has 2 atom stereocenters. The van der Waals surface area contributed by atoms with E-state index in [1.54, 1.807) is 4.68 Å². The summed E-state index contributed by atoms with van der Waals surface area (Å²) in [6.45, 7) is 8.03. The monoisotopic (exact) mass is 375 g/mol. The van der Waals surface area contributed by atoms with E-state index in [9.17, 15) is 9.59 Å². The average Bonchev–Trinajstić information content (AvgIpc) is 2.81. The van der Waals surface area contributed by atoms with Gasteiger partial charge in [-0.25, -0.2) is 0 Å². The number of hydrogen-bond donors (Lipinski definition) is 2. The number of rotatable bonds is 5. The molecule has 6 nitrogen and oxygen atoms in total. The lowest BCUT2D eigenvalue weighted by Crippen LogP contribution is -2.18. The van der Waals surface area contributed by atoms with Gasteiger partial charge in [-0.05, 0) is 44.9 Å². The summed E-state index contributed by atoms with van der Waals surface area (Å²) in [5.74, 6) is 1.60. The van der Waals surface area contributed by atoms with Crippen LogP contribution in [0, 0.1) is 0 Å². The molecule has 1 aromatic heterocycles. The number of benzene rings is 1. The first-order chi connectivity index (χ1) is 12.4. The summed E-state index contributed by atoms with van der Waals surface area (Å²) >= 11 is 1.47. The maximum atomic E-state index is 12.7. The van der Waals surface area contributed by atoms with E-state index in [4.69, 9.17) is 4.74 Å². The molecule has 2 heterocycles. The highest BCUT2D eigenvalue weighted by molar-refractivity contribution is 8.00. The quantitative estimate of drug-likeness (QED) is 0.835. The zero-order chi connectivity index (χ0) is 18.8. The smallest absolute Gasteiger partial charge is 0.270 e. The molecule has 1 amide bonds. The lowest BCUT2D eigenvalue weighted by atomic mass is 10.1. The molecule has 1 aliphatic heterocycles. The van der Waals surface area contributed by atoms with E-state index in [0.717, 1.165) is 17.7 Å². The Kier molecular flexibility index (Phi) is 5.46. The number of nitrogens with zero attached hydrogens (tertiary/aromatic N) is 1. The van der Waals surface area contributed by atoms with Gasteiger partial charge >= 0.3 is 0 Å². The third-order valence-electron chi connectivity index (χ3n) is 4.45. The average molecular weight is 375 g/mol. The summed E-state index contributed by atoms with van der Waals surface area (Å²) in [4.78, 5) is 24.9. The van der Waals surface area contributed by atoms with Gasteiger partial charge in [0.05, 0.1) is 22.7 Å². The van der Waals surface area contributed by atoms with Crippen LogP contribution in [0.3, 0.4) is 0 Å². The number of amides is 1. The van der Waals surface area contributed by atoms with Crippen molar-refractivity contribution >= 4 is 23.5 Å². The second kappa shape index (κ2) is 7.61. The van der Waals surface area contributed by atoms with Crippen molar-refractivity contribution in [2.24, 2.45) is 0 Å². The first-order valence-electron chi connectivity index (χ1n) is 8.93. The number of hydrogen-bond acceptors (Lipinski definition) is 4. The largest absolute Gasteiger partial charge is 0.491 e. The minimum atomic E-state index is -0.203. The molecular weight excluding hydrogens is 350 g/mol. The Morgan fingerprint density at radius 3 is 2.54 bits per heavy atom. The zero-order valence-electron chi connectivity index (χ0n) is 15.5. The van der Waals surface area contributed by atoms with Gasteiger partial charge in [0, 0.05) is 6.04 Å². The van der Waals surface area contributed by atoms with Crippen LogP contribution in [0.1, 0.15) is 56.5 Å². The van der Waals surface area contributed by atoms with E-state index in [1.165, 1.54) is 11.8 Å². The molecule has 26 heavy (non-hydrogen) atoms. The number of carbonyl (C=O) groups is 1. The summed E-state index contributed by atoms with van der Waals surface area (Å²) in [5.41, 5.74) is 1.44. The molecule has 2 N–H and O–H groups in total. The molecule has 1 aliphatic rings. The van der Waals surface area contributed by atoms with Gasteiger partial charge in [-0.15, -0.1) is 11.8 Å². The van der Waals surface area contributed by atoms with Crippen LogP contribution in [0.15, 0.2) is 29.1 Å². The van der Waals surface area contributed by atoms with Crippen molar-refractivity contribution in [2.75, 3.05) is 11.1 Å². The minimum absolute atomic E-state index is 0.0884. The fourth-order valence-corrected chi connectivity index (χ4v) is 4.14. The highest BCUT2D eigenvalue weighted by atomic mass is 32.2. The van der Waals surface area contributed by atoms with Gasteiger partial charge in [0.15, 0.2) is 0 Å². The Morgan fingerprint density at radius 1 is 1.23 bits per heavy atom. The molecule has 0 spiro atoms. The molecule has 0 bridgehead atoms. The van der Waals surface area contributed by atoms with Crippen molar-refractivity contribution in [2.45, 2.75) is 51.5 Å². The number of fused-ring (bicyclic) bond motifs is 1. The van der Waals surface area contributed by atoms with E-state index in [-0.39, 0.29) is 28.9 Å². The summed E-state index contributed by atoms with van der Waals surface area (Å²) < 4.78 is 7.48. The van der Waals surface area contributed by atoms with Gasteiger partial charge in [0.25, 0.3) is 5.56 Å². The summed E-state index contributed by atoms with van der Waals surface area (Å²) in [6, 6.07) is 7.85. The maximum absolute atomic E-state index is 12.7. The molecule has 0 saturated heterocycles. The predicted molar refractivity (Wildman–Crippen MR) is 105 cm³/mol. The summed E-state index contributed by atoms with van der Waals surface area (Å²) in [5, 5.41) is 5.61. The molecule has 7 heteroatoms. The lowest BCUT2D eigenvalue weighted by molar-refractivity contribution is -0.113. The van der Waals surface area contributed by atoms with Gasteiger partial charge < -0.3 is 10.1 Å². The number of H-pyrrole nitrogens is 1. The molecule has 0 aliphatic carbocycles. The molecule has 2 aromatic rings. The third-order valence-corrected chi connectivity index (χ3v) is 5.72. The number of nitrogens with one attached hydrogen (secondary N) is 2. The van der Waals surface area contributed by atoms with Crippen LogP contribution < -0.4 is 15.6 Å². The van der Waals surface area contributed by atoms with Crippen LogP contribution in [0.25, 0.3) is 0 Å². The topological polar surface area (TPSA) is 76.1 Å². The molecule has 3 rings (SSSR count). The van der Waals surface area contributed by atoms with Crippen LogP contribution in [-0.4, -0.2) is 27.5 Å². The van der Waals surface area contributed by atoms with Gasteiger partial charge in [0.1, 0.15) is 11.6 Å². The highest BCUT2D eigenvalue weighted by Gasteiger charge is 2.31. The molecular formula is C19H25N3O3S. The Morgan fingerprint density at radius 2 is 1.92 bits per heavy atom. The zero-order valence-corrected chi connectivity index (χ0v) is 16.4. The molecule has 0 fully saturated rings. The van der Waals surface area contributed by atoms with Gasteiger partial charge in [-0.1, -0.05) is 19.1 Å². The lowest BCUT2D eigenvalue weighted by Gasteiger charge is -2.17. The van der Waals surface area contributed by atoms with Crippen LogP contribution in [0.4, 0.5) is 5.82 Å². The second-order valence-electron chi connectivity index (χ2n) is 6.81. The van der Waals surface area contributed by atoms with E-state index < -0.39 is 0 Å². The van der Waals surface area contributed by atoms with Crippen molar-refractivity contribution in [1.29, 1.82) is 0 Å². The maximum Gasteiger partial charge on any atom is 0.270 e. The van der Waals surface area contributed by atoms with E-state index >= 15 is 0 Å². The van der Waals surface area contributed by atoms with Crippen molar-refractivity contribution in [1.82, 2.24) is 9.78 Å². The molecule has 0 radical (unpaired) electrons. The van der Waals surface area contributed by atoms with E-state index in [1.807, 2.05) is 52.0 Å². The molecule has 0 unspecified atom stereocenters. The fourth-order valence-electron chi connectivity index (χ4n) is 3.01. The minimum Gasteiger partial charge on any atom is -0.491 e. The van der Waals surface area contributed by atoms with Crippen LogP contribution in [-0.2, 0) is 4.79 Å². The predicted octanol–water partition coefficient (Wildman–Crippen LogP) is 3.71. The highest BCUT2D eigenvalue weighted by Crippen LogP contribution is 2.40. The number of thioether (sulfide) groups is 1. The number of ether oxygens (including phenoxy) is 1. The van der Waals surface area contributed by atoms with Crippen molar-refractivity contribution in [3.05, 3.63) is 45.7 Å². The van der Waals surface area contributed by atoms with E-state index in [0.29, 0.717) is 17.1 Å². The Labute approximate surface area is 157 Å². The van der Waals surface area contributed by atoms with Crippen LogP contribution in [0.5, 0.6) is 5.75 Å².